The molecule has 4 N–H and O–H groups in total. The van der Waals surface area contributed by atoms with Crippen molar-refractivity contribution in [3.8, 4) is 0 Å². The molecule has 2 saturated heterocycles. The Labute approximate surface area is 390 Å². The number of hydrogen-bond acceptors (Lipinski definition) is 10. The van der Waals surface area contributed by atoms with Crippen LogP contribution in [-0.2, 0) is 18.9 Å². The summed E-state index contributed by atoms with van der Waals surface area (Å²) in [6.07, 6.45) is -0.916. The van der Waals surface area contributed by atoms with Gasteiger partial charge in [0.2, 0.25) is 23.9 Å². The van der Waals surface area contributed by atoms with Crippen molar-refractivity contribution in [1.29, 1.82) is 0 Å². The van der Waals surface area contributed by atoms with Crippen LogP contribution in [0.15, 0.2) is 146 Å². The van der Waals surface area contributed by atoms with E-state index in [-0.39, 0.29) is 29.4 Å². The van der Waals surface area contributed by atoms with Crippen molar-refractivity contribution in [3.63, 3.8) is 0 Å². The molecule has 10 atom stereocenters. The summed E-state index contributed by atoms with van der Waals surface area (Å²) >= 11 is 0. The van der Waals surface area contributed by atoms with Crippen LogP contribution in [0.4, 0.5) is 0 Å². The number of fused-ring (bicyclic) bond motifs is 2. The maximum Gasteiger partial charge on any atom is 0.441 e. The van der Waals surface area contributed by atoms with E-state index in [0.29, 0.717) is 24.0 Å². The second kappa shape index (κ2) is 21.0. The summed E-state index contributed by atoms with van der Waals surface area (Å²) in [6.45, 7) is 7.97. The number of amides is 2. The van der Waals surface area contributed by atoms with Crippen LogP contribution in [-0.4, -0.2) is 66.0 Å². The van der Waals surface area contributed by atoms with Crippen molar-refractivity contribution in [3.05, 3.63) is 188 Å². The normalized spacial score (nSPS) is 23.6. The third-order valence-electron chi connectivity index (χ3n) is 13.1. The van der Waals surface area contributed by atoms with Crippen molar-refractivity contribution in [2.45, 2.75) is 101 Å². The van der Waals surface area contributed by atoms with E-state index in [1.165, 1.54) is 0 Å². The van der Waals surface area contributed by atoms with Crippen LogP contribution in [0.25, 0.3) is 21.5 Å². The summed E-state index contributed by atoms with van der Waals surface area (Å²) in [7, 11) is -0.317. The molecule has 0 saturated carbocycles. The summed E-state index contributed by atoms with van der Waals surface area (Å²) < 4.78 is 12.5. The molecule has 15 heteroatoms. The summed E-state index contributed by atoms with van der Waals surface area (Å²) in [5.74, 6) is -2.41. The molecule has 2 fully saturated rings. The molecule has 6 aromatic carbocycles. The first-order valence-corrected chi connectivity index (χ1v) is 23.1. The van der Waals surface area contributed by atoms with Gasteiger partial charge in [0.15, 0.2) is 0 Å². The molecule has 2 aliphatic heterocycles. The van der Waals surface area contributed by atoms with E-state index in [1.807, 2.05) is 173 Å². The number of nitro groups is 2. The van der Waals surface area contributed by atoms with Crippen molar-refractivity contribution < 1.29 is 28.7 Å². The second-order valence-electron chi connectivity index (χ2n) is 18.5. The fourth-order valence-electron chi connectivity index (χ4n) is 10.2. The first-order valence-electron chi connectivity index (χ1n) is 23.1. The second-order valence-corrected chi connectivity index (χ2v) is 18.5. The van der Waals surface area contributed by atoms with Gasteiger partial charge >= 0.3 is 7.69 Å². The van der Waals surface area contributed by atoms with E-state index in [9.17, 15) is 29.8 Å². The van der Waals surface area contributed by atoms with Crippen LogP contribution >= 0.6 is 0 Å². The Morgan fingerprint density at radius 1 is 0.552 bits per heavy atom. The molecule has 67 heavy (non-hydrogen) atoms. The topological polar surface area (TPSA) is 187 Å². The predicted molar refractivity (Wildman–Crippen MR) is 259 cm³/mol. The van der Waals surface area contributed by atoms with E-state index in [2.05, 4.69) is 21.3 Å². The molecule has 0 bridgehead atoms. The van der Waals surface area contributed by atoms with Crippen molar-refractivity contribution in [2.75, 3.05) is 0 Å². The number of carbonyl (C=O) groups is 2. The van der Waals surface area contributed by atoms with Gasteiger partial charge in [-0.15, -0.1) is 0 Å². The minimum atomic E-state index is -1.17. The molecule has 0 spiro atoms. The first-order chi connectivity index (χ1) is 32.4. The Kier molecular flexibility index (Phi) is 14.7. The highest BCUT2D eigenvalue weighted by Gasteiger charge is 2.56. The molecule has 6 aromatic rings. The van der Waals surface area contributed by atoms with Crippen LogP contribution < -0.4 is 21.3 Å². The Morgan fingerprint density at radius 2 is 0.910 bits per heavy atom. The number of rotatable bonds is 18. The lowest BCUT2D eigenvalue weighted by molar-refractivity contribution is -0.527. The third-order valence-corrected chi connectivity index (χ3v) is 13.1. The first kappa shape index (κ1) is 47.0. The lowest BCUT2D eigenvalue weighted by atomic mass is 9.84. The molecule has 0 radical (unpaired) electrons. The molecular weight excluding hydrogens is 847 g/mol. The van der Waals surface area contributed by atoms with Gasteiger partial charge in [0, 0.05) is 9.85 Å². The Balaban J connectivity index is 1.01. The molecule has 2 aliphatic rings. The molecule has 14 nitrogen and oxygen atoms in total. The third kappa shape index (κ3) is 10.4. The van der Waals surface area contributed by atoms with Gasteiger partial charge < -0.3 is 19.9 Å². The van der Waals surface area contributed by atoms with E-state index in [4.69, 9.17) is 9.31 Å². The fraction of sp³-hybridized carbons (Fsp3) is 0.346. The highest BCUT2D eigenvalue weighted by atomic mass is 16.6. The Morgan fingerprint density at radius 3 is 1.28 bits per heavy atom. The predicted octanol–water partition coefficient (Wildman–Crippen LogP) is 7.85. The van der Waals surface area contributed by atoms with Crippen LogP contribution in [0.5, 0.6) is 0 Å². The zero-order valence-corrected chi connectivity index (χ0v) is 38.1. The van der Waals surface area contributed by atoms with Gasteiger partial charge in [0.1, 0.15) is 36.6 Å². The fourth-order valence-corrected chi connectivity index (χ4v) is 10.2. The quantitative estimate of drug-likeness (QED) is 0.0286. The number of nitrogens with zero attached hydrogens (tertiary/aromatic N) is 2. The number of carbonyl (C=O) groups excluding carboxylic acids is 2. The zero-order chi connectivity index (χ0) is 47.2. The maximum absolute atomic E-state index is 14.6. The minimum absolute atomic E-state index is 0.0699. The highest BCUT2D eigenvalue weighted by Crippen LogP contribution is 2.44. The van der Waals surface area contributed by atoms with Crippen molar-refractivity contribution in [1.82, 2.24) is 21.3 Å². The van der Waals surface area contributed by atoms with Gasteiger partial charge in [-0.2, -0.15) is 0 Å². The number of hydrogen-bond donors (Lipinski definition) is 4. The van der Waals surface area contributed by atoms with Gasteiger partial charge in [-0.25, -0.2) is 0 Å². The maximum atomic E-state index is 14.6. The average molecular weight is 905 g/mol. The Hall–Kier alpha value is -6.52. The summed E-state index contributed by atoms with van der Waals surface area (Å²) in [6, 6.07) is 39.2. The lowest BCUT2D eigenvalue weighted by Crippen LogP contribution is -2.51. The molecule has 0 aromatic heterocycles. The van der Waals surface area contributed by atoms with Crippen LogP contribution in [0.2, 0.25) is 0 Å². The van der Waals surface area contributed by atoms with Crippen molar-refractivity contribution in [2.24, 2.45) is 11.8 Å². The van der Waals surface area contributed by atoms with Gasteiger partial charge in [-0.3, -0.25) is 40.5 Å². The summed E-state index contributed by atoms with van der Waals surface area (Å²) in [4.78, 5) is 54.7. The van der Waals surface area contributed by atoms with Crippen LogP contribution in [0.3, 0.4) is 0 Å². The smallest absolute Gasteiger partial charge is 0.393 e. The largest absolute Gasteiger partial charge is 0.441 e. The standard InChI is InChI=1S/C52H57BN6O8/c1-31(2)29-41(54-51(60)47-43(35-19-7-5-8-20-35)49(58(62)63)45(56-47)39-27-15-23-33-17-11-13-25-37(33)39)66-53-67-42(30-32(3)4)55-52(61)48-44(36-21-9-6-10-22-36)50(59(64)65)46(57-48)40-28-16-24-34-18-12-14-26-38(34)40/h5-28,31-32,41-50,53,56-57H,29-30H2,1-4H3,(H,54,60)(H,55,61). The number of benzene rings is 6. The molecule has 10 unspecified atom stereocenters. The van der Waals surface area contributed by atoms with Gasteiger partial charge in [-0.1, -0.05) is 173 Å². The van der Waals surface area contributed by atoms with E-state index >= 15 is 0 Å². The zero-order valence-electron chi connectivity index (χ0n) is 38.1. The molecule has 8 rings (SSSR count). The van der Waals surface area contributed by atoms with E-state index in [1.54, 1.807) is 0 Å². The summed E-state index contributed by atoms with van der Waals surface area (Å²) in [5, 5.41) is 42.6. The molecular formula is C52H57BN6O8. The Bertz CT molecular complexity index is 2500. The number of nitrogens with one attached hydrogen (secondary N) is 4. The van der Waals surface area contributed by atoms with Crippen LogP contribution in [0.1, 0.15) is 86.7 Å². The lowest BCUT2D eigenvalue weighted by Gasteiger charge is -2.28. The summed E-state index contributed by atoms with van der Waals surface area (Å²) in [5.41, 5.74) is 2.79. The van der Waals surface area contributed by atoms with Crippen LogP contribution in [0, 0.1) is 32.1 Å². The molecule has 346 valence electrons. The highest BCUT2D eigenvalue weighted by molar-refractivity contribution is 6.18. The van der Waals surface area contributed by atoms with Gasteiger partial charge in [-0.05, 0) is 68.5 Å². The van der Waals surface area contributed by atoms with Crippen molar-refractivity contribution >= 4 is 41.0 Å². The molecule has 2 heterocycles. The van der Waals surface area contributed by atoms with Gasteiger partial charge in [0.05, 0.1) is 11.8 Å². The monoisotopic (exact) mass is 904 g/mol. The minimum Gasteiger partial charge on any atom is -0.393 e. The molecule has 2 amide bonds. The van der Waals surface area contributed by atoms with E-state index < -0.39 is 72.4 Å². The average Bonchev–Trinajstić information content (AvgIpc) is 3.93. The SMILES string of the molecule is CC(C)CC(NC(=O)C1NC(c2cccc3ccccc23)C([N+](=O)[O-])C1c1ccccc1)OBOC(CC(C)C)NC(=O)C1NC(c2cccc3ccccc23)C([N+](=O)[O-])C1c1ccccc1. The van der Waals surface area contributed by atoms with Gasteiger partial charge in [0.25, 0.3) is 0 Å². The van der Waals surface area contributed by atoms with E-state index in [0.717, 1.165) is 32.7 Å². The molecule has 0 aliphatic carbocycles.